The summed E-state index contributed by atoms with van der Waals surface area (Å²) < 4.78 is 53.3. The summed E-state index contributed by atoms with van der Waals surface area (Å²) in [7, 11) is -4.16. The van der Waals surface area contributed by atoms with Gasteiger partial charge in [-0.25, -0.2) is 17.2 Å². The van der Waals surface area contributed by atoms with Crippen LogP contribution in [-0.4, -0.2) is 37.0 Å². The van der Waals surface area contributed by atoms with Gasteiger partial charge in [-0.1, -0.05) is 12.8 Å². The zero-order chi connectivity index (χ0) is 15.6. The van der Waals surface area contributed by atoms with E-state index in [0.29, 0.717) is 18.9 Å². The first kappa shape index (κ1) is 16.1. The Labute approximate surface area is 122 Å². The Morgan fingerprint density at radius 3 is 2.62 bits per heavy atom. The zero-order valence-corrected chi connectivity index (χ0v) is 12.2. The third-order valence-corrected chi connectivity index (χ3v) is 5.64. The summed E-state index contributed by atoms with van der Waals surface area (Å²) in [6, 6.07) is 0.663. The summed E-state index contributed by atoms with van der Waals surface area (Å²) in [5.74, 6) is -2.18. The topological polar surface area (TPSA) is 83.6 Å². The maximum atomic E-state index is 13.8. The molecular weight excluding hydrogens is 302 g/mol. The largest absolute Gasteiger partial charge is 0.396 e. The minimum absolute atomic E-state index is 0.199. The van der Waals surface area contributed by atoms with Crippen molar-refractivity contribution in [3.05, 3.63) is 23.8 Å². The van der Waals surface area contributed by atoms with Crippen LogP contribution in [0.1, 0.15) is 25.7 Å². The first-order chi connectivity index (χ1) is 9.87. The van der Waals surface area contributed by atoms with E-state index in [1.165, 1.54) is 0 Å². The first-order valence-electron chi connectivity index (χ1n) is 6.75. The molecule has 1 aliphatic heterocycles. The number of hydrogen-bond donors (Lipinski definition) is 2. The van der Waals surface area contributed by atoms with E-state index < -0.39 is 38.3 Å². The van der Waals surface area contributed by atoms with Gasteiger partial charge in [-0.05, 0) is 18.9 Å². The predicted molar refractivity (Wildman–Crippen MR) is 74.0 cm³/mol. The van der Waals surface area contributed by atoms with Crippen molar-refractivity contribution >= 4 is 15.7 Å². The van der Waals surface area contributed by atoms with Crippen LogP contribution in [0.4, 0.5) is 14.5 Å². The zero-order valence-electron chi connectivity index (χ0n) is 11.4. The molecule has 2 rings (SSSR count). The van der Waals surface area contributed by atoms with Crippen molar-refractivity contribution in [3.63, 3.8) is 0 Å². The molecule has 0 aliphatic carbocycles. The molecule has 0 spiro atoms. The Kier molecular flexibility index (Phi) is 4.80. The Hall–Kier alpha value is -1.25. The Morgan fingerprint density at radius 1 is 1.24 bits per heavy atom. The van der Waals surface area contributed by atoms with E-state index in [-0.39, 0.29) is 13.2 Å². The molecule has 5 nitrogen and oxygen atoms in total. The number of halogens is 2. The van der Waals surface area contributed by atoms with Crippen molar-refractivity contribution in [1.82, 2.24) is 4.31 Å². The van der Waals surface area contributed by atoms with Crippen LogP contribution in [0.2, 0.25) is 0 Å². The summed E-state index contributed by atoms with van der Waals surface area (Å²) in [5.41, 5.74) is 4.91. The van der Waals surface area contributed by atoms with Crippen LogP contribution in [0.5, 0.6) is 0 Å². The van der Waals surface area contributed by atoms with Gasteiger partial charge in [0.25, 0.3) is 0 Å². The lowest BCUT2D eigenvalue weighted by Gasteiger charge is -2.27. The van der Waals surface area contributed by atoms with Crippen LogP contribution < -0.4 is 5.73 Å². The van der Waals surface area contributed by atoms with Gasteiger partial charge in [0.15, 0.2) is 0 Å². The van der Waals surface area contributed by atoms with Crippen LogP contribution in [-0.2, 0) is 10.0 Å². The summed E-state index contributed by atoms with van der Waals surface area (Å²) in [4.78, 5) is -0.651. The van der Waals surface area contributed by atoms with Gasteiger partial charge in [-0.2, -0.15) is 4.31 Å². The molecule has 1 heterocycles. The van der Waals surface area contributed by atoms with Crippen LogP contribution in [0.25, 0.3) is 0 Å². The molecule has 21 heavy (non-hydrogen) atoms. The molecule has 1 aromatic carbocycles. The molecule has 3 N–H and O–H groups in total. The number of aliphatic hydroxyl groups excluding tert-OH is 1. The van der Waals surface area contributed by atoms with E-state index in [1.54, 1.807) is 0 Å². The van der Waals surface area contributed by atoms with Crippen molar-refractivity contribution in [1.29, 1.82) is 0 Å². The fourth-order valence-corrected chi connectivity index (χ4v) is 4.29. The molecule has 1 fully saturated rings. The quantitative estimate of drug-likeness (QED) is 0.826. The Morgan fingerprint density at radius 2 is 1.95 bits per heavy atom. The second-order valence-corrected chi connectivity index (χ2v) is 6.96. The van der Waals surface area contributed by atoms with E-state index in [4.69, 9.17) is 5.73 Å². The maximum Gasteiger partial charge on any atom is 0.246 e. The third-order valence-electron chi connectivity index (χ3n) is 3.67. The monoisotopic (exact) mass is 320 g/mol. The summed E-state index contributed by atoms with van der Waals surface area (Å²) in [6.45, 7) is -0.137. The minimum Gasteiger partial charge on any atom is -0.396 e. The highest BCUT2D eigenvalue weighted by molar-refractivity contribution is 7.89. The second-order valence-electron chi connectivity index (χ2n) is 5.11. The van der Waals surface area contributed by atoms with Gasteiger partial charge in [0.05, 0.1) is 12.3 Å². The van der Waals surface area contributed by atoms with Crippen LogP contribution in [0.3, 0.4) is 0 Å². The van der Waals surface area contributed by atoms with Crippen LogP contribution in [0, 0.1) is 11.6 Å². The van der Waals surface area contributed by atoms with Crippen molar-refractivity contribution < 1.29 is 22.3 Å². The summed E-state index contributed by atoms with van der Waals surface area (Å²) in [5, 5.41) is 9.38. The van der Waals surface area contributed by atoms with Gasteiger partial charge in [0, 0.05) is 18.7 Å². The molecule has 1 saturated heterocycles. The molecule has 0 saturated carbocycles. The molecule has 0 aromatic heterocycles. The lowest BCUT2D eigenvalue weighted by molar-refractivity contribution is 0.186. The van der Waals surface area contributed by atoms with Gasteiger partial charge in [-0.15, -0.1) is 0 Å². The lowest BCUT2D eigenvalue weighted by atomic mass is 10.1. The number of nitrogens with zero attached hydrogens (tertiary/aromatic N) is 1. The van der Waals surface area contributed by atoms with Gasteiger partial charge in [0.2, 0.25) is 10.0 Å². The number of hydrogen-bond acceptors (Lipinski definition) is 4. The fraction of sp³-hybridized carbons (Fsp3) is 0.538. The Bertz CT molecular complexity index is 622. The van der Waals surface area contributed by atoms with E-state index in [0.717, 1.165) is 23.2 Å². The standard InChI is InChI=1S/C13H18F2N2O3S/c14-10-6-11(15)13(7-12(10)16)21(19,20)17-5-3-1-2-4-9(17)8-18/h6-7,9,18H,1-5,8,16H2. The van der Waals surface area contributed by atoms with Crippen molar-refractivity contribution in [2.45, 2.75) is 36.6 Å². The SMILES string of the molecule is Nc1cc(S(=O)(=O)N2CCCCCC2CO)c(F)cc1F. The predicted octanol–water partition coefficient (Wildman–Crippen LogP) is 1.47. The normalized spacial score (nSPS) is 21.2. The summed E-state index contributed by atoms with van der Waals surface area (Å²) in [6.07, 6.45) is 2.78. The van der Waals surface area contributed by atoms with Crippen molar-refractivity contribution in [2.75, 3.05) is 18.9 Å². The van der Waals surface area contributed by atoms with Crippen LogP contribution in [0.15, 0.2) is 17.0 Å². The second kappa shape index (κ2) is 6.25. The molecule has 0 bridgehead atoms. The lowest BCUT2D eigenvalue weighted by Crippen LogP contribution is -2.42. The number of rotatable bonds is 3. The molecule has 1 aromatic rings. The molecule has 8 heteroatoms. The fourth-order valence-electron chi connectivity index (χ4n) is 2.52. The van der Waals surface area contributed by atoms with Crippen molar-refractivity contribution in [2.24, 2.45) is 0 Å². The Balaban J connectivity index is 2.47. The molecular formula is C13H18F2N2O3S. The highest BCUT2D eigenvalue weighted by Crippen LogP contribution is 2.28. The molecule has 1 atom stereocenters. The molecule has 1 unspecified atom stereocenters. The molecule has 0 radical (unpaired) electrons. The average molecular weight is 320 g/mol. The van der Waals surface area contributed by atoms with E-state index >= 15 is 0 Å². The highest BCUT2D eigenvalue weighted by atomic mass is 32.2. The van der Waals surface area contributed by atoms with Gasteiger partial charge < -0.3 is 10.8 Å². The van der Waals surface area contributed by atoms with Gasteiger partial charge in [-0.3, -0.25) is 0 Å². The highest BCUT2D eigenvalue weighted by Gasteiger charge is 2.34. The molecule has 1 aliphatic rings. The van der Waals surface area contributed by atoms with E-state index in [9.17, 15) is 22.3 Å². The third kappa shape index (κ3) is 3.17. The number of aliphatic hydroxyl groups is 1. The van der Waals surface area contributed by atoms with Gasteiger partial charge >= 0.3 is 0 Å². The number of anilines is 1. The maximum absolute atomic E-state index is 13.8. The molecule has 0 amide bonds. The van der Waals surface area contributed by atoms with Crippen LogP contribution >= 0.6 is 0 Å². The number of nitrogen functional groups attached to an aromatic ring is 1. The minimum atomic E-state index is -4.16. The number of benzene rings is 1. The van der Waals surface area contributed by atoms with E-state index in [1.807, 2.05) is 0 Å². The smallest absolute Gasteiger partial charge is 0.246 e. The number of sulfonamides is 1. The van der Waals surface area contributed by atoms with Crippen molar-refractivity contribution in [3.8, 4) is 0 Å². The number of nitrogens with two attached hydrogens (primary N) is 1. The average Bonchev–Trinajstić information content (AvgIpc) is 2.68. The van der Waals surface area contributed by atoms with Gasteiger partial charge in [0.1, 0.15) is 16.5 Å². The summed E-state index contributed by atoms with van der Waals surface area (Å²) >= 11 is 0. The molecule has 118 valence electrons. The van der Waals surface area contributed by atoms with E-state index in [2.05, 4.69) is 0 Å². The first-order valence-corrected chi connectivity index (χ1v) is 8.19.